The maximum absolute atomic E-state index is 11.8. The van der Waals surface area contributed by atoms with Gasteiger partial charge < -0.3 is 15.5 Å². The van der Waals surface area contributed by atoms with Crippen molar-refractivity contribution in [3.8, 4) is 0 Å². The molecule has 1 atom stereocenters. The van der Waals surface area contributed by atoms with Crippen LogP contribution in [0, 0.1) is 0 Å². The molecule has 0 spiro atoms. The van der Waals surface area contributed by atoms with Crippen LogP contribution in [0.25, 0.3) is 0 Å². The minimum Gasteiger partial charge on any atom is -0.354 e. The van der Waals surface area contributed by atoms with E-state index >= 15 is 0 Å². The molecule has 2 aliphatic heterocycles. The van der Waals surface area contributed by atoms with Crippen molar-refractivity contribution in [2.24, 2.45) is 0 Å². The summed E-state index contributed by atoms with van der Waals surface area (Å²) in [6.45, 7) is 3.16. The van der Waals surface area contributed by atoms with E-state index in [1.807, 2.05) is 4.90 Å². The van der Waals surface area contributed by atoms with Gasteiger partial charge in [0, 0.05) is 26.1 Å². The molecule has 5 nitrogen and oxygen atoms in total. The van der Waals surface area contributed by atoms with E-state index in [0.29, 0.717) is 13.0 Å². The number of nitrogens with one attached hydrogen (secondary N) is 2. The first-order chi connectivity index (χ1) is 8.77. The molecule has 2 rings (SSSR count). The SMILES string of the molecule is O=C(NCCC(=O)N1CCCC1)[C@H]1CCCCN1. The highest BCUT2D eigenvalue weighted by Crippen LogP contribution is 2.09. The summed E-state index contributed by atoms with van der Waals surface area (Å²) in [5.74, 6) is 0.216. The average molecular weight is 253 g/mol. The van der Waals surface area contributed by atoms with Gasteiger partial charge >= 0.3 is 0 Å². The van der Waals surface area contributed by atoms with Gasteiger partial charge in [0.25, 0.3) is 0 Å². The van der Waals surface area contributed by atoms with Crippen LogP contribution in [-0.2, 0) is 9.59 Å². The van der Waals surface area contributed by atoms with Crippen LogP contribution in [0.5, 0.6) is 0 Å². The molecule has 0 saturated carbocycles. The van der Waals surface area contributed by atoms with Gasteiger partial charge in [-0.05, 0) is 32.2 Å². The van der Waals surface area contributed by atoms with Crippen molar-refractivity contribution in [3.05, 3.63) is 0 Å². The number of carbonyl (C=O) groups excluding carboxylic acids is 2. The molecule has 2 amide bonds. The minimum absolute atomic E-state index is 0.0453. The Morgan fingerprint density at radius 3 is 2.61 bits per heavy atom. The van der Waals surface area contributed by atoms with Crippen molar-refractivity contribution in [1.82, 2.24) is 15.5 Å². The maximum Gasteiger partial charge on any atom is 0.237 e. The van der Waals surface area contributed by atoms with Gasteiger partial charge in [-0.1, -0.05) is 6.42 Å². The molecule has 18 heavy (non-hydrogen) atoms. The van der Waals surface area contributed by atoms with Crippen LogP contribution >= 0.6 is 0 Å². The fourth-order valence-corrected chi connectivity index (χ4v) is 2.62. The van der Waals surface area contributed by atoms with Gasteiger partial charge in [0.1, 0.15) is 0 Å². The Kier molecular flexibility index (Phi) is 4.99. The highest BCUT2D eigenvalue weighted by Gasteiger charge is 2.21. The van der Waals surface area contributed by atoms with Crippen molar-refractivity contribution in [1.29, 1.82) is 0 Å². The van der Waals surface area contributed by atoms with Crippen molar-refractivity contribution < 1.29 is 9.59 Å². The van der Waals surface area contributed by atoms with E-state index in [4.69, 9.17) is 0 Å². The number of hydrogen-bond acceptors (Lipinski definition) is 3. The van der Waals surface area contributed by atoms with E-state index in [9.17, 15) is 9.59 Å². The normalized spacial score (nSPS) is 24.0. The molecule has 102 valence electrons. The fourth-order valence-electron chi connectivity index (χ4n) is 2.62. The third-order valence-corrected chi connectivity index (χ3v) is 3.72. The van der Waals surface area contributed by atoms with Crippen molar-refractivity contribution in [3.63, 3.8) is 0 Å². The lowest BCUT2D eigenvalue weighted by atomic mass is 10.0. The molecule has 2 aliphatic rings. The van der Waals surface area contributed by atoms with E-state index in [1.54, 1.807) is 0 Å². The van der Waals surface area contributed by atoms with Crippen LogP contribution in [0.2, 0.25) is 0 Å². The maximum atomic E-state index is 11.8. The summed E-state index contributed by atoms with van der Waals surface area (Å²) in [4.78, 5) is 25.5. The van der Waals surface area contributed by atoms with E-state index in [0.717, 1.165) is 51.7 Å². The summed E-state index contributed by atoms with van der Waals surface area (Å²) in [7, 11) is 0. The highest BCUT2D eigenvalue weighted by molar-refractivity contribution is 5.83. The molecule has 5 heteroatoms. The molecule has 2 saturated heterocycles. The van der Waals surface area contributed by atoms with Crippen LogP contribution in [0.3, 0.4) is 0 Å². The monoisotopic (exact) mass is 253 g/mol. The number of rotatable bonds is 4. The van der Waals surface area contributed by atoms with Crippen LogP contribution < -0.4 is 10.6 Å². The average Bonchev–Trinajstić information content (AvgIpc) is 2.93. The topological polar surface area (TPSA) is 61.4 Å². The number of nitrogens with zero attached hydrogens (tertiary/aromatic N) is 1. The lowest BCUT2D eigenvalue weighted by Crippen LogP contribution is -2.47. The zero-order valence-electron chi connectivity index (χ0n) is 10.9. The minimum atomic E-state index is -0.0550. The molecule has 0 aromatic carbocycles. The van der Waals surface area contributed by atoms with Crippen LogP contribution in [0.15, 0.2) is 0 Å². The van der Waals surface area contributed by atoms with Crippen LogP contribution in [-0.4, -0.2) is 48.9 Å². The number of likely N-dealkylation sites (tertiary alicyclic amines) is 1. The Labute approximate surface area is 108 Å². The first-order valence-electron chi connectivity index (χ1n) is 7.06. The van der Waals surface area contributed by atoms with Crippen molar-refractivity contribution in [2.45, 2.75) is 44.6 Å². The van der Waals surface area contributed by atoms with Crippen LogP contribution in [0.1, 0.15) is 38.5 Å². The van der Waals surface area contributed by atoms with Gasteiger partial charge in [0.15, 0.2) is 0 Å². The zero-order valence-corrected chi connectivity index (χ0v) is 10.9. The van der Waals surface area contributed by atoms with Gasteiger partial charge in [-0.3, -0.25) is 9.59 Å². The standard InChI is InChI=1S/C13H23N3O2/c17-12(16-9-3-4-10-16)6-8-15-13(18)11-5-1-2-7-14-11/h11,14H,1-10H2,(H,15,18)/t11-/m1/s1. The first-order valence-corrected chi connectivity index (χ1v) is 7.06. The lowest BCUT2D eigenvalue weighted by Gasteiger charge is -2.22. The van der Waals surface area contributed by atoms with E-state index in [1.165, 1.54) is 0 Å². The molecule has 0 aliphatic carbocycles. The largest absolute Gasteiger partial charge is 0.354 e. The molecular formula is C13H23N3O2. The quantitative estimate of drug-likeness (QED) is 0.755. The Morgan fingerprint density at radius 1 is 1.17 bits per heavy atom. The predicted molar refractivity (Wildman–Crippen MR) is 69.1 cm³/mol. The van der Waals surface area contributed by atoms with E-state index in [2.05, 4.69) is 10.6 Å². The van der Waals surface area contributed by atoms with Crippen molar-refractivity contribution in [2.75, 3.05) is 26.2 Å². The smallest absolute Gasteiger partial charge is 0.237 e. The van der Waals surface area contributed by atoms with Gasteiger partial charge in [-0.15, -0.1) is 0 Å². The Hall–Kier alpha value is -1.10. The molecule has 0 radical (unpaired) electrons. The molecule has 0 unspecified atom stereocenters. The third-order valence-electron chi connectivity index (χ3n) is 3.72. The summed E-state index contributed by atoms with van der Waals surface area (Å²) >= 11 is 0. The molecule has 2 N–H and O–H groups in total. The first kappa shape index (κ1) is 13.3. The highest BCUT2D eigenvalue weighted by atomic mass is 16.2. The summed E-state index contributed by atoms with van der Waals surface area (Å²) < 4.78 is 0. The van der Waals surface area contributed by atoms with Gasteiger partial charge in [0.2, 0.25) is 11.8 Å². The fraction of sp³-hybridized carbons (Fsp3) is 0.846. The molecule has 0 aromatic heterocycles. The second-order valence-electron chi connectivity index (χ2n) is 5.13. The van der Waals surface area contributed by atoms with Crippen LogP contribution in [0.4, 0.5) is 0 Å². The van der Waals surface area contributed by atoms with Crippen molar-refractivity contribution >= 4 is 11.8 Å². The number of hydrogen-bond donors (Lipinski definition) is 2. The van der Waals surface area contributed by atoms with Gasteiger partial charge in [-0.2, -0.15) is 0 Å². The summed E-state index contributed by atoms with van der Waals surface area (Å²) in [5, 5.41) is 6.06. The van der Waals surface area contributed by atoms with Gasteiger partial charge in [0.05, 0.1) is 6.04 Å². The van der Waals surface area contributed by atoms with Gasteiger partial charge in [-0.25, -0.2) is 0 Å². The number of carbonyl (C=O) groups is 2. The Morgan fingerprint density at radius 2 is 1.94 bits per heavy atom. The second kappa shape index (κ2) is 6.73. The molecule has 2 fully saturated rings. The molecule has 0 bridgehead atoms. The molecular weight excluding hydrogens is 230 g/mol. The molecule has 2 heterocycles. The summed E-state index contributed by atoms with van der Waals surface area (Å²) in [5.41, 5.74) is 0. The predicted octanol–water partition coefficient (Wildman–Crippen LogP) is 0.257. The lowest BCUT2D eigenvalue weighted by molar-refractivity contribution is -0.130. The zero-order chi connectivity index (χ0) is 12.8. The summed E-state index contributed by atoms with van der Waals surface area (Å²) in [6, 6.07) is -0.0550. The number of amides is 2. The second-order valence-corrected chi connectivity index (χ2v) is 5.13. The van der Waals surface area contributed by atoms with E-state index < -0.39 is 0 Å². The molecule has 0 aromatic rings. The Bertz CT molecular complexity index is 295. The number of piperidine rings is 1. The van der Waals surface area contributed by atoms with E-state index in [-0.39, 0.29) is 17.9 Å². The summed E-state index contributed by atoms with van der Waals surface area (Å²) in [6.07, 6.45) is 5.83. The third kappa shape index (κ3) is 3.70. The Balaban J connectivity index is 1.62.